The fourth-order valence-electron chi connectivity index (χ4n) is 3.15. The Hall–Kier alpha value is -1.03. The molecule has 0 aliphatic carbocycles. The Morgan fingerprint density at radius 3 is 2.25 bits per heavy atom. The molecule has 1 aliphatic heterocycles. The minimum atomic E-state index is -5.75. The zero-order valence-electron chi connectivity index (χ0n) is 16.1. The summed E-state index contributed by atoms with van der Waals surface area (Å²) in [6, 6.07) is 0. The fourth-order valence-corrected chi connectivity index (χ4v) is 6.18. The molecule has 2 rings (SSSR count). The number of phosphoric ester groups is 1. The SMILES string of the molecule is CCC[C@@]1(c2c[nH]c(=O)[nH]c2=O)O[C@H](COP(=O)(O)OP(=O)(O)OP(=O)(O)O)[C@@H](O)[C@H]1O. The smallest absolute Gasteiger partial charge is 0.387 e. The first-order valence-corrected chi connectivity index (χ1v) is 13.2. The summed E-state index contributed by atoms with van der Waals surface area (Å²) in [5.74, 6) is 0. The number of H-pyrrole nitrogens is 2. The maximum Gasteiger partial charge on any atom is 0.490 e. The van der Waals surface area contributed by atoms with Gasteiger partial charge in [-0.1, -0.05) is 13.3 Å². The lowest BCUT2D eigenvalue weighted by molar-refractivity contribution is -0.103. The molecule has 0 bridgehead atoms. The van der Waals surface area contributed by atoms with Gasteiger partial charge in [-0.25, -0.2) is 18.5 Å². The van der Waals surface area contributed by atoms with Crippen LogP contribution in [0.15, 0.2) is 15.8 Å². The third-order valence-electron chi connectivity index (χ3n) is 4.26. The lowest BCUT2D eigenvalue weighted by atomic mass is 9.84. The highest BCUT2D eigenvalue weighted by Gasteiger charge is 2.56. The summed E-state index contributed by atoms with van der Waals surface area (Å²) >= 11 is 0. The molecule has 0 amide bonds. The van der Waals surface area contributed by atoms with Crippen molar-refractivity contribution in [2.24, 2.45) is 0 Å². The van der Waals surface area contributed by atoms with Crippen molar-refractivity contribution in [2.45, 2.75) is 43.7 Å². The van der Waals surface area contributed by atoms with Gasteiger partial charge in [-0.05, 0) is 6.42 Å². The van der Waals surface area contributed by atoms with Gasteiger partial charge >= 0.3 is 29.2 Å². The normalized spacial score (nSPS) is 30.0. The third-order valence-corrected chi connectivity index (χ3v) is 8.06. The Morgan fingerprint density at radius 2 is 1.72 bits per heavy atom. The van der Waals surface area contributed by atoms with E-state index in [1.807, 2.05) is 4.98 Å². The zero-order valence-corrected chi connectivity index (χ0v) is 18.8. The van der Waals surface area contributed by atoms with Gasteiger partial charge in [0.1, 0.15) is 23.9 Å². The van der Waals surface area contributed by atoms with Crippen molar-refractivity contribution in [3.8, 4) is 0 Å². The highest BCUT2D eigenvalue weighted by atomic mass is 31.3. The standard InChI is InChI=1S/C12H21N2O15P3/c1-2-3-12(6-4-13-11(18)14-10(6)17)9(16)8(15)7(27-12)5-26-31(22,23)29-32(24,25)28-30(19,20)21/h4,7-9,15-16H,2-3,5H2,1H3,(H,22,23)(H,24,25)(H2,19,20,21)(H2,13,14,17,18)/t7-,8-,9-,12+/m1/s1. The van der Waals surface area contributed by atoms with Gasteiger partial charge in [0.25, 0.3) is 5.56 Å². The van der Waals surface area contributed by atoms with E-state index >= 15 is 0 Å². The molecule has 17 nitrogen and oxygen atoms in total. The summed E-state index contributed by atoms with van der Waals surface area (Å²) in [5, 5.41) is 20.9. The van der Waals surface area contributed by atoms with E-state index in [4.69, 9.17) is 19.4 Å². The summed E-state index contributed by atoms with van der Waals surface area (Å²) in [4.78, 5) is 63.3. The van der Waals surface area contributed by atoms with Crippen molar-refractivity contribution in [1.82, 2.24) is 9.97 Å². The molecule has 1 aromatic heterocycles. The van der Waals surface area contributed by atoms with Gasteiger partial charge in [0.05, 0.1) is 12.2 Å². The number of hydrogen-bond donors (Lipinski definition) is 8. The number of aliphatic hydroxyl groups excluding tert-OH is 2. The van der Waals surface area contributed by atoms with Gasteiger partial charge in [-0.3, -0.25) is 14.3 Å². The minimum absolute atomic E-state index is 0.0495. The van der Waals surface area contributed by atoms with Crippen molar-refractivity contribution in [2.75, 3.05) is 6.61 Å². The molecule has 2 heterocycles. The van der Waals surface area contributed by atoms with Gasteiger partial charge in [-0.2, -0.15) is 8.62 Å². The Balaban J connectivity index is 2.22. The van der Waals surface area contributed by atoms with Crippen LogP contribution >= 0.6 is 23.5 Å². The van der Waals surface area contributed by atoms with E-state index < -0.39 is 65.2 Å². The van der Waals surface area contributed by atoms with Crippen molar-refractivity contribution in [3.63, 3.8) is 0 Å². The van der Waals surface area contributed by atoms with Crippen LogP contribution in [0.4, 0.5) is 0 Å². The first kappa shape index (κ1) is 27.2. The zero-order chi connectivity index (χ0) is 24.5. The van der Waals surface area contributed by atoms with Crippen molar-refractivity contribution >= 4 is 23.5 Å². The Labute approximate surface area is 178 Å². The van der Waals surface area contributed by atoms with Crippen LogP contribution < -0.4 is 11.2 Å². The summed E-state index contributed by atoms with van der Waals surface area (Å²) in [5.41, 5.74) is -3.90. The molecule has 1 saturated heterocycles. The predicted molar refractivity (Wildman–Crippen MR) is 101 cm³/mol. The number of phosphoric acid groups is 3. The van der Waals surface area contributed by atoms with Crippen LogP contribution in [0.2, 0.25) is 0 Å². The van der Waals surface area contributed by atoms with Crippen molar-refractivity contribution < 1.29 is 61.4 Å². The highest BCUT2D eigenvalue weighted by molar-refractivity contribution is 7.66. The molecule has 20 heteroatoms. The summed E-state index contributed by atoms with van der Waals surface area (Å²) < 4.78 is 51.0. The quantitative estimate of drug-likeness (QED) is 0.161. The molecule has 8 N–H and O–H groups in total. The largest absolute Gasteiger partial charge is 0.490 e. The lowest BCUT2D eigenvalue weighted by Crippen LogP contribution is -2.45. The average molecular weight is 526 g/mol. The second-order valence-electron chi connectivity index (χ2n) is 6.60. The van der Waals surface area contributed by atoms with Crippen LogP contribution in [0.25, 0.3) is 0 Å². The number of hydrogen-bond acceptors (Lipinski definition) is 11. The highest BCUT2D eigenvalue weighted by Crippen LogP contribution is 2.66. The molecule has 1 fully saturated rings. The molecule has 6 atom stereocenters. The number of rotatable bonds is 10. The van der Waals surface area contributed by atoms with Crippen LogP contribution in [-0.2, 0) is 37.2 Å². The first-order valence-electron chi connectivity index (χ1n) is 8.67. The minimum Gasteiger partial charge on any atom is -0.387 e. The monoisotopic (exact) mass is 526 g/mol. The van der Waals surface area contributed by atoms with Crippen LogP contribution in [0.1, 0.15) is 25.3 Å². The molecule has 1 aromatic rings. The molecule has 0 aromatic carbocycles. The number of aromatic amines is 2. The van der Waals surface area contributed by atoms with E-state index in [-0.39, 0.29) is 12.0 Å². The van der Waals surface area contributed by atoms with Gasteiger partial charge in [0, 0.05) is 6.20 Å². The average Bonchev–Trinajstić information content (AvgIpc) is 2.83. The van der Waals surface area contributed by atoms with Crippen LogP contribution in [0.3, 0.4) is 0 Å². The first-order chi connectivity index (χ1) is 14.5. The van der Waals surface area contributed by atoms with E-state index in [9.17, 15) is 38.4 Å². The molecule has 184 valence electrons. The van der Waals surface area contributed by atoms with Gasteiger partial charge < -0.3 is 39.5 Å². The van der Waals surface area contributed by atoms with Gasteiger partial charge in [0.2, 0.25) is 0 Å². The topological polar surface area (TPSA) is 275 Å². The second kappa shape index (κ2) is 9.68. The van der Waals surface area contributed by atoms with Crippen molar-refractivity contribution in [3.05, 3.63) is 32.6 Å². The van der Waals surface area contributed by atoms with E-state index in [2.05, 4.69) is 18.1 Å². The maximum atomic E-state index is 12.2. The van der Waals surface area contributed by atoms with E-state index in [0.717, 1.165) is 6.20 Å². The van der Waals surface area contributed by atoms with E-state index in [1.165, 1.54) is 0 Å². The molecule has 2 unspecified atom stereocenters. The van der Waals surface area contributed by atoms with Gasteiger partial charge in [0.15, 0.2) is 0 Å². The van der Waals surface area contributed by atoms with Crippen LogP contribution in [0, 0.1) is 0 Å². The number of aliphatic hydroxyl groups is 2. The Morgan fingerprint density at radius 1 is 1.09 bits per heavy atom. The predicted octanol–water partition coefficient (Wildman–Crippen LogP) is -1.48. The van der Waals surface area contributed by atoms with Crippen molar-refractivity contribution in [1.29, 1.82) is 0 Å². The fraction of sp³-hybridized carbons (Fsp3) is 0.667. The Bertz CT molecular complexity index is 1080. The maximum absolute atomic E-state index is 12.2. The third kappa shape index (κ3) is 6.52. The summed E-state index contributed by atoms with van der Waals surface area (Å²) in [6.07, 6.45) is -3.94. The van der Waals surface area contributed by atoms with Gasteiger partial charge in [-0.15, -0.1) is 0 Å². The molecule has 0 radical (unpaired) electrons. The van der Waals surface area contributed by atoms with Crippen LogP contribution in [0.5, 0.6) is 0 Å². The molecule has 0 saturated carbocycles. The van der Waals surface area contributed by atoms with E-state index in [1.54, 1.807) is 6.92 Å². The van der Waals surface area contributed by atoms with Crippen LogP contribution in [-0.4, -0.2) is 64.7 Å². The summed E-state index contributed by atoms with van der Waals surface area (Å²) in [6.45, 7) is 0.609. The number of ether oxygens (including phenoxy) is 1. The molecular weight excluding hydrogens is 505 g/mol. The molecule has 0 spiro atoms. The second-order valence-corrected chi connectivity index (χ2v) is 11.0. The number of nitrogens with one attached hydrogen (secondary N) is 2. The molecule has 1 aliphatic rings. The molecular formula is C12H21N2O15P3. The Kier molecular flexibility index (Phi) is 8.23. The number of aromatic nitrogens is 2. The lowest BCUT2D eigenvalue weighted by Gasteiger charge is -2.31. The molecule has 32 heavy (non-hydrogen) atoms. The summed E-state index contributed by atoms with van der Waals surface area (Å²) in [7, 11) is -16.8. The van der Waals surface area contributed by atoms with E-state index in [0.29, 0.717) is 6.42 Å².